The van der Waals surface area contributed by atoms with E-state index in [-0.39, 0.29) is 12.1 Å². The minimum atomic E-state index is -3.67. The molecule has 1 atom stereocenters. The Morgan fingerprint density at radius 2 is 1.89 bits per heavy atom. The molecule has 4 rings (SSSR count). The first-order valence-corrected chi connectivity index (χ1v) is 10.5. The molecule has 1 saturated heterocycles. The molecule has 3 heterocycles. The standard InChI is InChI=1S/C16H18N4O3.CH4O3S/c21-16(19-7-5-17-6-8-19)12-9-20(11-18-12)15-10-22-13-3-1-2-4-14(13)23-15;1-5(2,3)4/h1-4,9,11,15,17H,5-8,10H2;1H3,(H,2,3,4). The maximum atomic E-state index is 12.4. The summed E-state index contributed by atoms with van der Waals surface area (Å²) in [5.74, 6) is 1.40. The Morgan fingerprint density at radius 3 is 2.57 bits per heavy atom. The van der Waals surface area contributed by atoms with Crippen LogP contribution in [0.2, 0.25) is 0 Å². The lowest BCUT2D eigenvalue weighted by Gasteiger charge is -2.27. The number of hydrogen-bond acceptors (Lipinski definition) is 7. The number of aromatic nitrogens is 2. The van der Waals surface area contributed by atoms with Crippen LogP contribution in [-0.2, 0) is 10.1 Å². The molecule has 0 radical (unpaired) electrons. The highest BCUT2D eigenvalue weighted by Gasteiger charge is 2.25. The van der Waals surface area contributed by atoms with Gasteiger partial charge < -0.3 is 19.7 Å². The van der Waals surface area contributed by atoms with E-state index < -0.39 is 10.1 Å². The van der Waals surface area contributed by atoms with E-state index in [1.807, 2.05) is 29.2 Å². The van der Waals surface area contributed by atoms with Crippen LogP contribution in [0.3, 0.4) is 0 Å². The van der Waals surface area contributed by atoms with Crippen molar-refractivity contribution in [3.05, 3.63) is 42.5 Å². The molecule has 0 bridgehead atoms. The van der Waals surface area contributed by atoms with Crippen molar-refractivity contribution in [3.63, 3.8) is 0 Å². The van der Waals surface area contributed by atoms with Crippen LogP contribution < -0.4 is 14.8 Å². The van der Waals surface area contributed by atoms with Crippen LogP contribution in [-0.4, -0.2) is 72.4 Å². The Bertz CT molecular complexity index is 915. The van der Waals surface area contributed by atoms with Crippen molar-refractivity contribution in [2.45, 2.75) is 6.23 Å². The Hall–Kier alpha value is -2.63. The van der Waals surface area contributed by atoms with Crippen LogP contribution >= 0.6 is 0 Å². The van der Waals surface area contributed by atoms with Gasteiger partial charge in [0, 0.05) is 32.4 Å². The summed E-state index contributed by atoms with van der Waals surface area (Å²) in [6.45, 7) is 3.45. The van der Waals surface area contributed by atoms with E-state index in [9.17, 15) is 13.2 Å². The van der Waals surface area contributed by atoms with Crippen molar-refractivity contribution in [3.8, 4) is 11.5 Å². The van der Waals surface area contributed by atoms with Gasteiger partial charge in [-0.05, 0) is 12.1 Å². The average Bonchev–Trinajstić information content (AvgIpc) is 3.16. The molecule has 2 aromatic rings. The molecule has 28 heavy (non-hydrogen) atoms. The van der Waals surface area contributed by atoms with Crippen molar-refractivity contribution < 1.29 is 27.2 Å². The highest BCUT2D eigenvalue weighted by atomic mass is 32.2. The second-order valence-corrected chi connectivity index (χ2v) is 7.78. The summed E-state index contributed by atoms with van der Waals surface area (Å²) in [7, 11) is -3.67. The van der Waals surface area contributed by atoms with Gasteiger partial charge in [0.05, 0.1) is 12.6 Å². The lowest BCUT2D eigenvalue weighted by molar-refractivity contribution is 0.0402. The zero-order chi connectivity index (χ0) is 20.1. The minimum absolute atomic E-state index is 0.0395. The number of carbonyl (C=O) groups is 1. The number of para-hydroxylation sites is 2. The molecule has 1 aromatic heterocycles. The number of amides is 1. The molecular formula is C17H22N4O6S. The molecule has 2 aliphatic heterocycles. The zero-order valence-corrected chi connectivity index (χ0v) is 16.1. The number of carbonyl (C=O) groups excluding carboxylic acids is 1. The highest BCUT2D eigenvalue weighted by Crippen LogP contribution is 2.33. The van der Waals surface area contributed by atoms with Crippen molar-refractivity contribution >= 4 is 16.0 Å². The molecule has 1 amide bonds. The summed E-state index contributed by atoms with van der Waals surface area (Å²) in [4.78, 5) is 18.5. The summed E-state index contributed by atoms with van der Waals surface area (Å²) < 4.78 is 39.3. The SMILES string of the molecule is CS(=O)(=O)O.O=C(c1cn(C2COc3ccccc3O2)cn1)N1CCNCC1. The highest BCUT2D eigenvalue weighted by molar-refractivity contribution is 7.85. The topological polar surface area (TPSA) is 123 Å². The van der Waals surface area contributed by atoms with Crippen LogP contribution in [0.25, 0.3) is 0 Å². The number of fused-ring (bicyclic) bond motifs is 1. The fourth-order valence-corrected chi connectivity index (χ4v) is 2.79. The molecule has 1 unspecified atom stereocenters. The molecule has 152 valence electrons. The number of hydrogen-bond donors (Lipinski definition) is 2. The van der Waals surface area contributed by atoms with Gasteiger partial charge in [0.25, 0.3) is 16.0 Å². The predicted octanol–water partition coefficient (Wildman–Crippen LogP) is 0.403. The third-order valence-corrected chi connectivity index (χ3v) is 4.05. The first-order valence-electron chi connectivity index (χ1n) is 8.65. The fourth-order valence-electron chi connectivity index (χ4n) is 2.79. The summed E-state index contributed by atoms with van der Waals surface area (Å²) in [6.07, 6.45) is 3.75. The van der Waals surface area contributed by atoms with Gasteiger partial charge in [0.15, 0.2) is 11.5 Å². The largest absolute Gasteiger partial charge is 0.484 e. The second-order valence-electron chi connectivity index (χ2n) is 6.31. The van der Waals surface area contributed by atoms with Gasteiger partial charge in [-0.15, -0.1) is 0 Å². The van der Waals surface area contributed by atoms with Crippen molar-refractivity contribution in [1.82, 2.24) is 19.8 Å². The monoisotopic (exact) mass is 410 g/mol. The number of nitrogens with zero attached hydrogens (tertiary/aromatic N) is 3. The molecule has 0 aliphatic carbocycles. The lowest BCUT2D eigenvalue weighted by atomic mass is 10.3. The average molecular weight is 410 g/mol. The van der Waals surface area contributed by atoms with Gasteiger partial charge in [-0.2, -0.15) is 8.42 Å². The summed E-state index contributed by atoms with van der Waals surface area (Å²) in [6, 6.07) is 7.55. The van der Waals surface area contributed by atoms with Crippen LogP contribution in [0.1, 0.15) is 16.7 Å². The zero-order valence-electron chi connectivity index (χ0n) is 15.3. The maximum Gasteiger partial charge on any atom is 0.274 e. The Labute approximate surface area is 162 Å². The van der Waals surface area contributed by atoms with Crippen LogP contribution in [0.15, 0.2) is 36.8 Å². The van der Waals surface area contributed by atoms with Gasteiger partial charge in [0.2, 0.25) is 6.23 Å². The quantitative estimate of drug-likeness (QED) is 0.682. The smallest absolute Gasteiger partial charge is 0.274 e. The third kappa shape index (κ3) is 5.44. The molecule has 1 aromatic carbocycles. The molecule has 2 aliphatic rings. The van der Waals surface area contributed by atoms with Crippen molar-refractivity contribution in [2.75, 3.05) is 39.0 Å². The molecular weight excluding hydrogens is 388 g/mol. The molecule has 0 saturated carbocycles. The van der Waals surface area contributed by atoms with E-state index in [0.29, 0.717) is 37.4 Å². The molecule has 10 nitrogen and oxygen atoms in total. The van der Waals surface area contributed by atoms with E-state index in [0.717, 1.165) is 18.8 Å². The van der Waals surface area contributed by atoms with Crippen molar-refractivity contribution in [1.29, 1.82) is 0 Å². The van der Waals surface area contributed by atoms with E-state index in [2.05, 4.69) is 10.3 Å². The van der Waals surface area contributed by atoms with Gasteiger partial charge in [-0.25, -0.2) is 4.98 Å². The Morgan fingerprint density at radius 1 is 1.25 bits per heavy atom. The van der Waals surface area contributed by atoms with E-state index in [1.54, 1.807) is 17.1 Å². The van der Waals surface area contributed by atoms with Gasteiger partial charge in [0.1, 0.15) is 12.3 Å². The van der Waals surface area contributed by atoms with Gasteiger partial charge in [-0.3, -0.25) is 13.9 Å². The van der Waals surface area contributed by atoms with Gasteiger partial charge in [-0.1, -0.05) is 12.1 Å². The Kier molecular flexibility index (Phi) is 6.17. The lowest BCUT2D eigenvalue weighted by Crippen LogP contribution is -2.46. The number of ether oxygens (including phenoxy) is 2. The van der Waals surface area contributed by atoms with Crippen LogP contribution in [0.5, 0.6) is 11.5 Å². The van der Waals surface area contributed by atoms with Crippen LogP contribution in [0, 0.1) is 0 Å². The maximum absolute atomic E-state index is 12.4. The fraction of sp³-hybridized carbons (Fsp3) is 0.412. The predicted molar refractivity (Wildman–Crippen MR) is 100 cm³/mol. The van der Waals surface area contributed by atoms with Gasteiger partial charge >= 0.3 is 0 Å². The first-order chi connectivity index (χ1) is 13.3. The summed E-state index contributed by atoms with van der Waals surface area (Å²) in [5, 5.41) is 3.23. The molecule has 11 heteroatoms. The molecule has 0 spiro atoms. The normalized spacial score (nSPS) is 18.8. The number of rotatable bonds is 2. The number of nitrogens with one attached hydrogen (secondary N) is 1. The Balaban J connectivity index is 0.000000403. The summed E-state index contributed by atoms with van der Waals surface area (Å²) in [5.41, 5.74) is 0.439. The van der Waals surface area contributed by atoms with Crippen LogP contribution in [0.4, 0.5) is 0 Å². The number of imidazole rings is 1. The first kappa shape index (κ1) is 20.1. The second kappa shape index (κ2) is 8.59. The third-order valence-electron chi connectivity index (χ3n) is 4.05. The van der Waals surface area contributed by atoms with E-state index >= 15 is 0 Å². The number of piperazine rings is 1. The van der Waals surface area contributed by atoms with Crippen molar-refractivity contribution in [2.24, 2.45) is 0 Å². The summed E-state index contributed by atoms with van der Waals surface area (Å²) >= 11 is 0. The minimum Gasteiger partial charge on any atom is -0.484 e. The van der Waals surface area contributed by atoms with E-state index in [4.69, 9.17) is 14.0 Å². The van der Waals surface area contributed by atoms with E-state index in [1.165, 1.54) is 0 Å². The molecule has 1 fully saturated rings. The molecule has 2 N–H and O–H groups in total. The number of benzene rings is 1.